The standard InChI is InChI=1S/C17H13N3O4S/c1-10-7-12(20(23)24)5-6-14(10)18-17-19-16(22)15(25-17)9-11-3-2-4-13(21)8-11/h2-9,21H,1H3,(H,18,19,22)/b15-9-. The van der Waals surface area contributed by atoms with E-state index >= 15 is 0 Å². The van der Waals surface area contributed by atoms with Gasteiger partial charge in [0.25, 0.3) is 11.6 Å². The number of hydrogen-bond acceptors (Lipinski definition) is 6. The average molecular weight is 355 g/mol. The van der Waals surface area contributed by atoms with Crippen molar-refractivity contribution < 1.29 is 14.8 Å². The van der Waals surface area contributed by atoms with Crippen molar-refractivity contribution in [2.24, 2.45) is 4.99 Å². The topological polar surface area (TPSA) is 105 Å². The molecule has 7 nitrogen and oxygen atoms in total. The van der Waals surface area contributed by atoms with Crippen molar-refractivity contribution in [1.82, 2.24) is 5.32 Å². The lowest BCUT2D eigenvalue weighted by Gasteiger charge is -2.01. The maximum absolute atomic E-state index is 12.1. The largest absolute Gasteiger partial charge is 0.508 e. The quantitative estimate of drug-likeness (QED) is 0.498. The molecule has 1 fully saturated rings. The minimum absolute atomic E-state index is 0.00553. The average Bonchev–Trinajstić information content (AvgIpc) is 2.88. The van der Waals surface area contributed by atoms with Gasteiger partial charge in [-0.2, -0.15) is 0 Å². The molecule has 1 heterocycles. The molecule has 0 aromatic heterocycles. The number of phenolic OH excluding ortho intramolecular Hbond substituents is 1. The summed E-state index contributed by atoms with van der Waals surface area (Å²) in [7, 11) is 0. The summed E-state index contributed by atoms with van der Waals surface area (Å²) in [5, 5.41) is 23.3. The number of carbonyl (C=O) groups is 1. The summed E-state index contributed by atoms with van der Waals surface area (Å²) in [4.78, 5) is 27.2. The molecule has 0 saturated carbocycles. The number of aromatic hydroxyl groups is 1. The third kappa shape index (κ3) is 3.86. The van der Waals surface area contributed by atoms with E-state index in [0.717, 1.165) is 0 Å². The number of thioether (sulfide) groups is 1. The number of aliphatic imine (C=N–C) groups is 1. The zero-order chi connectivity index (χ0) is 18.0. The summed E-state index contributed by atoms with van der Waals surface area (Å²) in [5.74, 6) is -0.167. The summed E-state index contributed by atoms with van der Waals surface area (Å²) in [5.41, 5.74) is 1.88. The van der Waals surface area contributed by atoms with Crippen LogP contribution >= 0.6 is 11.8 Å². The van der Waals surface area contributed by atoms with Gasteiger partial charge in [-0.05, 0) is 54.1 Å². The van der Waals surface area contributed by atoms with E-state index in [1.54, 1.807) is 43.3 Å². The van der Waals surface area contributed by atoms with Crippen LogP contribution in [0.5, 0.6) is 5.75 Å². The maximum Gasteiger partial charge on any atom is 0.269 e. The van der Waals surface area contributed by atoms with Crippen LogP contribution in [0.15, 0.2) is 52.4 Å². The van der Waals surface area contributed by atoms with Crippen LogP contribution in [0.4, 0.5) is 11.4 Å². The van der Waals surface area contributed by atoms with E-state index in [9.17, 15) is 20.0 Å². The molecule has 0 bridgehead atoms. The van der Waals surface area contributed by atoms with E-state index in [4.69, 9.17) is 0 Å². The number of non-ortho nitro benzene ring substituents is 1. The van der Waals surface area contributed by atoms with Crippen LogP contribution in [0, 0.1) is 17.0 Å². The van der Waals surface area contributed by atoms with Gasteiger partial charge in [-0.15, -0.1) is 0 Å². The molecule has 3 rings (SSSR count). The van der Waals surface area contributed by atoms with Gasteiger partial charge >= 0.3 is 0 Å². The molecule has 2 aromatic carbocycles. The number of phenols is 1. The van der Waals surface area contributed by atoms with Gasteiger partial charge in [-0.1, -0.05) is 12.1 Å². The third-order valence-corrected chi connectivity index (χ3v) is 4.34. The van der Waals surface area contributed by atoms with Gasteiger partial charge in [-0.3, -0.25) is 14.9 Å². The lowest BCUT2D eigenvalue weighted by Crippen LogP contribution is -2.19. The van der Waals surface area contributed by atoms with Crippen molar-refractivity contribution in [3.63, 3.8) is 0 Å². The van der Waals surface area contributed by atoms with Crippen molar-refractivity contribution in [3.8, 4) is 5.75 Å². The number of amides is 1. The van der Waals surface area contributed by atoms with Crippen molar-refractivity contribution in [1.29, 1.82) is 0 Å². The van der Waals surface area contributed by atoms with Gasteiger partial charge in [0, 0.05) is 12.1 Å². The highest BCUT2D eigenvalue weighted by Crippen LogP contribution is 2.30. The molecule has 2 aromatic rings. The molecule has 1 saturated heterocycles. The molecule has 126 valence electrons. The first-order valence-electron chi connectivity index (χ1n) is 7.26. The number of nitro groups is 1. The van der Waals surface area contributed by atoms with Crippen LogP contribution in [0.1, 0.15) is 11.1 Å². The first-order chi connectivity index (χ1) is 11.9. The summed E-state index contributed by atoms with van der Waals surface area (Å²) < 4.78 is 0. The van der Waals surface area contributed by atoms with Crippen LogP contribution < -0.4 is 5.32 Å². The van der Waals surface area contributed by atoms with E-state index in [1.807, 2.05) is 0 Å². The molecule has 1 aliphatic heterocycles. The number of carbonyl (C=O) groups excluding carboxylic acids is 1. The van der Waals surface area contributed by atoms with Crippen molar-refractivity contribution >= 4 is 40.3 Å². The Hall–Kier alpha value is -3.13. The van der Waals surface area contributed by atoms with Crippen molar-refractivity contribution in [3.05, 3.63) is 68.6 Å². The molecule has 25 heavy (non-hydrogen) atoms. The smallest absolute Gasteiger partial charge is 0.269 e. The second kappa shape index (κ2) is 6.78. The maximum atomic E-state index is 12.1. The number of nitrogens with one attached hydrogen (secondary N) is 1. The molecule has 1 aliphatic rings. The Morgan fingerprint density at radius 3 is 2.76 bits per heavy atom. The van der Waals surface area contributed by atoms with Gasteiger partial charge in [0.05, 0.1) is 15.5 Å². The fraction of sp³-hybridized carbons (Fsp3) is 0.0588. The van der Waals surface area contributed by atoms with Crippen molar-refractivity contribution in [2.45, 2.75) is 6.92 Å². The van der Waals surface area contributed by atoms with Crippen LogP contribution in [0.3, 0.4) is 0 Å². The molecule has 1 amide bonds. The zero-order valence-electron chi connectivity index (χ0n) is 13.1. The van der Waals surface area contributed by atoms with E-state index < -0.39 is 4.92 Å². The van der Waals surface area contributed by atoms with Gasteiger partial charge in [0.15, 0.2) is 5.17 Å². The number of benzene rings is 2. The van der Waals surface area contributed by atoms with E-state index in [0.29, 0.717) is 26.9 Å². The first kappa shape index (κ1) is 16.7. The highest BCUT2D eigenvalue weighted by molar-refractivity contribution is 8.18. The van der Waals surface area contributed by atoms with Gasteiger partial charge < -0.3 is 10.4 Å². The second-order valence-electron chi connectivity index (χ2n) is 5.30. The zero-order valence-corrected chi connectivity index (χ0v) is 13.9. The fourth-order valence-corrected chi connectivity index (χ4v) is 3.07. The Labute approximate surface area is 147 Å². The van der Waals surface area contributed by atoms with Crippen molar-refractivity contribution in [2.75, 3.05) is 0 Å². The van der Waals surface area contributed by atoms with Crippen LogP contribution in [-0.2, 0) is 4.79 Å². The predicted octanol–water partition coefficient (Wildman–Crippen LogP) is 3.50. The highest BCUT2D eigenvalue weighted by atomic mass is 32.2. The normalized spacial score (nSPS) is 17.1. The number of amidine groups is 1. The van der Waals surface area contributed by atoms with Gasteiger partial charge in [0.2, 0.25) is 0 Å². The van der Waals surface area contributed by atoms with Gasteiger partial charge in [0.1, 0.15) is 5.75 Å². The molecule has 0 unspecified atom stereocenters. The minimum atomic E-state index is -0.466. The lowest BCUT2D eigenvalue weighted by atomic mass is 10.2. The Balaban J connectivity index is 1.85. The lowest BCUT2D eigenvalue weighted by molar-refractivity contribution is -0.384. The molecule has 8 heteroatoms. The van der Waals surface area contributed by atoms with E-state index in [-0.39, 0.29) is 17.3 Å². The van der Waals surface area contributed by atoms with Crippen LogP contribution in [0.2, 0.25) is 0 Å². The Morgan fingerprint density at radius 1 is 1.28 bits per heavy atom. The predicted molar refractivity (Wildman–Crippen MR) is 96.7 cm³/mol. The highest BCUT2D eigenvalue weighted by Gasteiger charge is 2.24. The minimum Gasteiger partial charge on any atom is -0.508 e. The molecule has 2 N–H and O–H groups in total. The number of nitro benzene ring substituents is 1. The first-order valence-corrected chi connectivity index (χ1v) is 8.08. The molecule has 0 radical (unpaired) electrons. The number of rotatable bonds is 3. The second-order valence-corrected chi connectivity index (χ2v) is 6.34. The van der Waals surface area contributed by atoms with E-state index in [1.165, 1.54) is 23.9 Å². The monoisotopic (exact) mass is 355 g/mol. The Bertz CT molecular complexity index is 937. The summed E-state index contributed by atoms with van der Waals surface area (Å²) >= 11 is 1.17. The molecular weight excluding hydrogens is 342 g/mol. The molecule has 0 spiro atoms. The summed E-state index contributed by atoms with van der Waals surface area (Å²) in [6, 6.07) is 10.9. The van der Waals surface area contributed by atoms with E-state index in [2.05, 4.69) is 10.3 Å². The Morgan fingerprint density at radius 2 is 2.08 bits per heavy atom. The number of nitrogens with zero attached hydrogens (tertiary/aromatic N) is 2. The third-order valence-electron chi connectivity index (χ3n) is 3.43. The number of hydrogen-bond donors (Lipinski definition) is 2. The van der Waals surface area contributed by atoms with Gasteiger partial charge in [-0.25, -0.2) is 4.99 Å². The SMILES string of the molecule is Cc1cc([N+](=O)[O-])ccc1N=C1NC(=O)/C(=C/c2cccc(O)c2)S1. The van der Waals surface area contributed by atoms with Crippen LogP contribution in [-0.4, -0.2) is 21.1 Å². The number of aryl methyl sites for hydroxylation is 1. The fourth-order valence-electron chi connectivity index (χ4n) is 2.23. The molecular formula is C17H13N3O4S. The summed E-state index contributed by atoms with van der Waals surface area (Å²) in [6.45, 7) is 1.72. The summed E-state index contributed by atoms with van der Waals surface area (Å²) in [6.07, 6.45) is 1.66. The molecule has 0 aliphatic carbocycles. The molecule has 0 atom stereocenters. The Kier molecular flexibility index (Phi) is 4.53. The van der Waals surface area contributed by atoms with Crippen LogP contribution in [0.25, 0.3) is 6.08 Å².